The van der Waals surface area contributed by atoms with E-state index in [4.69, 9.17) is 0 Å². The number of fused-ring (bicyclic) bond motifs is 1. The van der Waals surface area contributed by atoms with Crippen molar-refractivity contribution in [2.45, 2.75) is 24.8 Å². The molecule has 0 atom stereocenters. The van der Waals surface area contributed by atoms with Gasteiger partial charge in [0.2, 0.25) is 9.84 Å². The van der Waals surface area contributed by atoms with Crippen molar-refractivity contribution >= 4 is 15.4 Å². The van der Waals surface area contributed by atoms with Crippen LogP contribution >= 0.6 is 0 Å². The number of nitrogens with one attached hydrogen (secondary N) is 1. The van der Waals surface area contributed by atoms with Crippen LogP contribution in [0.15, 0.2) is 28.5 Å². The molecule has 0 aliphatic carbocycles. The van der Waals surface area contributed by atoms with E-state index in [1.165, 1.54) is 11.5 Å². The van der Waals surface area contributed by atoms with Crippen molar-refractivity contribution in [1.82, 2.24) is 5.32 Å². The molecule has 17 heavy (non-hydrogen) atoms. The summed E-state index contributed by atoms with van der Waals surface area (Å²) in [5, 5.41) is 14.0. The molecule has 0 spiro atoms. The average Bonchev–Trinajstić information content (AvgIpc) is 2.49. The number of hydrogen-bond acceptors (Lipinski definition) is 4. The van der Waals surface area contributed by atoms with Gasteiger partial charge in [-0.3, -0.25) is 0 Å². The first-order valence-corrected chi connectivity index (χ1v) is 6.98. The number of benzene rings is 1. The molecule has 2 rings (SSSR count). The van der Waals surface area contributed by atoms with Crippen LogP contribution in [0.1, 0.15) is 19.4 Å². The van der Waals surface area contributed by atoms with Crippen molar-refractivity contribution in [1.29, 1.82) is 0 Å². The Morgan fingerprint density at radius 3 is 2.71 bits per heavy atom. The Labute approximate surface area is 101 Å². The Morgan fingerprint density at radius 2 is 2.06 bits per heavy atom. The third-order valence-electron chi connectivity index (χ3n) is 2.62. The molecule has 0 bridgehead atoms. The summed E-state index contributed by atoms with van der Waals surface area (Å²) in [5.41, 5.74) is 1.29. The second-order valence-electron chi connectivity index (χ2n) is 4.38. The summed E-state index contributed by atoms with van der Waals surface area (Å²) >= 11 is 0. The van der Waals surface area contributed by atoms with Crippen LogP contribution in [-0.2, 0) is 9.84 Å². The molecular formula is C12H15NO3S. The van der Waals surface area contributed by atoms with Crippen molar-refractivity contribution in [3.63, 3.8) is 0 Å². The number of phenolic OH excluding ortho intramolecular Hbond substituents is 1. The van der Waals surface area contributed by atoms with Crippen LogP contribution in [0.5, 0.6) is 5.75 Å². The number of hydrogen-bond donors (Lipinski definition) is 2. The van der Waals surface area contributed by atoms with Gasteiger partial charge in [-0.15, -0.1) is 0 Å². The lowest BCUT2D eigenvalue weighted by molar-refractivity contribution is 0.459. The zero-order valence-electron chi connectivity index (χ0n) is 9.77. The molecule has 2 N–H and O–H groups in total. The van der Waals surface area contributed by atoms with Crippen molar-refractivity contribution in [3.8, 4) is 5.75 Å². The standard InChI is InChI=1S/C12H15NO3S/c1-8(2)13-6-9-7-17(15,16)12-10(9)4-3-5-11(12)14/h3-5,7-8,13-14H,6H2,1-2H3. The highest BCUT2D eigenvalue weighted by Crippen LogP contribution is 2.38. The quantitative estimate of drug-likeness (QED) is 0.857. The van der Waals surface area contributed by atoms with Crippen LogP contribution in [0.3, 0.4) is 0 Å². The van der Waals surface area contributed by atoms with Gasteiger partial charge in [0.1, 0.15) is 10.6 Å². The average molecular weight is 253 g/mol. The first-order chi connectivity index (χ1) is 7.92. The van der Waals surface area contributed by atoms with Gasteiger partial charge in [-0.1, -0.05) is 26.0 Å². The van der Waals surface area contributed by atoms with Crippen LogP contribution < -0.4 is 5.32 Å². The summed E-state index contributed by atoms with van der Waals surface area (Å²) in [7, 11) is -3.49. The van der Waals surface area contributed by atoms with Gasteiger partial charge in [-0.2, -0.15) is 0 Å². The van der Waals surface area contributed by atoms with Crippen molar-refractivity contribution in [2.75, 3.05) is 6.54 Å². The SMILES string of the molecule is CC(C)NCC1=CS(=O)(=O)c2c(O)cccc21. The van der Waals surface area contributed by atoms with Crippen molar-refractivity contribution < 1.29 is 13.5 Å². The molecule has 1 aromatic rings. The predicted molar refractivity (Wildman–Crippen MR) is 66.4 cm³/mol. The van der Waals surface area contributed by atoms with E-state index in [2.05, 4.69) is 5.32 Å². The smallest absolute Gasteiger partial charge is 0.204 e. The predicted octanol–water partition coefficient (Wildman–Crippen LogP) is 1.52. The minimum atomic E-state index is -3.49. The highest BCUT2D eigenvalue weighted by Gasteiger charge is 2.29. The normalized spacial score (nSPS) is 17.0. The highest BCUT2D eigenvalue weighted by molar-refractivity contribution is 7.95. The van der Waals surface area contributed by atoms with E-state index in [1.54, 1.807) is 12.1 Å². The second kappa shape index (κ2) is 4.16. The zero-order chi connectivity index (χ0) is 12.6. The maximum Gasteiger partial charge on any atom is 0.204 e. The Bertz CT molecular complexity index is 573. The number of rotatable bonds is 3. The van der Waals surface area contributed by atoms with E-state index in [1.807, 2.05) is 13.8 Å². The molecule has 0 saturated carbocycles. The molecule has 5 heteroatoms. The van der Waals surface area contributed by atoms with Crippen LogP contribution in [0.2, 0.25) is 0 Å². The van der Waals surface area contributed by atoms with Gasteiger partial charge >= 0.3 is 0 Å². The van der Waals surface area contributed by atoms with Crippen LogP contribution in [0, 0.1) is 0 Å². The molecule has 4 nitrogen and oxygen atoms in total. The molecule has 1 aromatic carbocycles. The van der Waals surface area contributed by atoms with E-state index in [-0.39, 0.29) is 16.7 Å². The number of phenols is 1. The third kappa shape index (κ3) is 2.21. The van der Waals surface area contributed by atoms with E-state index in [0.29, 0.717) is 17.7 Å². The van der Waals surface area contributed by atoms with E-state index < -0.39 is 9.84 Å². The first-order valence-electron chi connectivity index (χ1n) is 5.43. The van der Waals surface area contributed by atoms with Crippen LogP contribution in [0.4, 0.5) is 0 Å². The molecule has 1 aliphatic rings. The lowest BCUT2D eigenvalue weighted by Crippen LogP contribution is -2.24. The molecule has 1 aliphatic heterocycles. The van der Waals surface area contributed by atoms with Gasteiger partial charge in [0.15, 0.2) is 0 Å². The van der Waals surface area contributed by atoms with Gasteiger partial charge in [-0.05, 0) is 11.6 Å². The summed E-state index contributed by atoms with van der Waals surface area (Å²) in [6.07, 6.45) is 0. The second-order valence-corrected chi connectivity index (χ2v) is 6.11. The summed E-state index contributed by atoms with van der Waals surface area (Å²) in [6.45, 7) is 4.47. The fraction of sp³-hybridized carbons (Fsp3) is 0.333. The molecule has 0 saturated heterocycles. The van der Waals surface area contributed by atoms with Gasteiger partial charge in [-0.25, -0.2) is 8.42 Å². The van der Waals surface area contributed by atoms with Crippen LogP contribution in [0.25, 0.3) is 5.57 Å². The van der Waals surface area contributed by atoms with Gasteiger partial charge < -0.3 is 10.4 Å². The zero-order valence-corrected chi connectivity index (χ0v) is 10.6. The maximum atomic E-state index is 11.9. The topological polar surface area (TPSA) is 66.4 Å². The summed E-state index contributed by atoms with van der Waals surface area (Å²) in [5.74, 6) is -0.182. The van der Waals surface area contributed by atoms with Gasteiger partial charge in [0.05, 0.1) is 0 Å². The maximum absolute atomic E-state index is 11.9. The Kier molecular flexibility index (Phi) is 2.97. The molecule has 0 radical (unpaired) electrons. The minimum absolute atomic E-state index is 0.0283. The number of sulfone groups is 1. The van der Waals surface area contributed by atoms with Gasteiger partial charge in [0, 0.05) is 23.6 Å². The monoisotopic (exact) mass is 253 g/mol. The fourth-order valence-electron chi connectivity index (χ4n) is 1.84. The lowest BCUT2D eigenvalue weighted by Gasteiger charge is -2.09. The van der Waals surface area contributed by atoms with Crippen molar-refractivity contribution in [3.05, 3.63) is 29.2 Å². The minimum Gasteiger partial charge on any atom is -0.507 e. The first kappa shape index (κ1) is 12.1. The Hall–Kier alpha value is -1.33. The summed E-state index contributed by atoms with van der Waals surface area (Å²) in [6, 6.07) is 5.04. The van der Waals surface area contributed by atoms with E-state index in [0.717, 1.165) is 0 Å². The molecule has 0 unspecified atom stereocenters. The van der Waals surface area contributed by atoms with Gasteiger partial charge in [0.25, 0.3) is 0 Å². The van der Waals surface area contributed by atoms with E-state index >= 15 is 0 Å². The fourth-order valence-corrected chi connectivity index (χ4v) is 3.41. The highest BCUT2D eigenvalue weighted by atomic mass is 32.2. The summed E-state index contributed by atoms with van der Waals surface area (Å²) in [4.78, 5) is 0.0283. The summed E-state index contributed by atoms with van der Waals surface area (Å²) < 4.78 is 23.7. The van der Waals surface area contributed by atoms with Crippen molar-refractivity contribution in [2.24, 2.45) is 0 Å². The molecule has 92 valence electrons. The largest absolute Gasteiger partial charge is 0.507 e. The molecule has 1 heterocycles. The molecular weight excluding hydrogens is 238 g/mol. The molecule has 0 fully saturated rings. The van der Waals surface area contributed by atoms with E-state index in [9.17, 15) is 13.5 Å². The molecule has 0 amide bonds. The third-order valence-corrected chi connectivity index (χ3v) is 4.22. The van der Waals surface area contributed by atoms with Crippen LogP contribution in [-0.4, -0.2) is 26.1 Å². The Morgan fingerprint density at radius 1 is 1.35 bits per heavy atom. The lowest BCUT2D eigenvalue weighted by atomic mass is 10.1. The number of aromatic hydroxyl groups is 1. The molecule has 0 aromatic heterocycles. The Balaban J connectivity index is 2.44.